The Morgan fingerprint density at radius 2 is 1.91 bits per heavy atom. The highest BCUT2D eigenvalue weighted by Gasteiger charge is 2.23. The van der Waals surface area contributed by atoms with Gasteiger partial charge in [0.25, 0.3) is 0 Å². The number of aliphatic hydroxyl groups is 1. The minimum absolute atomic E-state index is 0.146. The minimum atomic E-state index is -1.19. The number of methoxy groups -OCH3 is 1. The van der Waals surface area contributed by atoms with Gasteiger partial charge in [-0.1, -0.05) is 0 Å². The number of hydrogen-bond donors (Lipinski definition) is 1. The van der Waals surface area contributed by atoms with E-state index >= 15 is 0 Å². The zero-order valence-electron chi connectivity index (χ0n) is 13.4. The van der Waals surface area contributed by atoms with Crippen LogP contribution in [0.3, 0.4) is 0 Å². The smallest absolute Gasteiger partial charge is 0.336 e. The van der Waals surface area contributed by atoms with Gasteiger partial charge in [0.1, 0.15) is 23.2 Å². The largest absolute Gasteiger partial charge is 0.496 e. The second-order valence-electron chi connectivity index (χ2n) is 5.25. The Kier molecular flexibility index (Phi) is 4.86. The maximum absolute atomic E-state index is 11.3. The third-order valence-corrected chi connectivity index (χ3v) is 3.26. The standard InChI is InChI=1S/C17H18O6/c1-9(2)17(22-10(3)18)16(20)12-7-11-5-6-15(19)23-13(11)8-14(12)21-4/h5-8,16,20H,1-4H3. The monoisotopic (exact) mass is 318 g/mol. The van der Waals surface area contributed by atoms with Crippen molar-refractivity contribution in [3.8, 4) is 5.75 Å². The quantitative estimate of drug-likeness (QED) is 0.530. The number of benzene rings is 1. The van der Waals surface area contributed by atoms with E-state index in [0.29, 0.717) is 27.9 Å². The van der Waals surface area contributed by atoms with E-state index in [1.54, 1.807) is 26.0 Å². The molecule has 2 aromatic rings. The van der Waals surface area contributed by atoms with Crippen LogP contribution in [0.2, 0.25) is 0 Å². The molecular weight excluding hydrogens is 300 g/mol. The fourth-order valence-corrected chi connectivity index (χ4v) is 2.23. The van der Waals surface area contributed by atoms with Gasteiger partial charge in [0.2, 0.25) is 0 Å². The van der Waals surface area contributed by atoms with Gasteiger partial charge in [-0.3, -0.25) is 4.79 Å². The molecular formula is C17H18O6. The maximum Gasteiger partial charge on any atom is 0.336 e. The molecule has 0 fully saturated rings. The molecule has 23 heavy (non-hydrogen) atoms. The number of ether oxygens (including phenoxy) is 2. The van der Waals surface area contributed by atoms with E-state index in [1.165, 1.54) is 26.2 Å². The van der Waals surface area contributed by atoms with Gasteiger partial charge in [0, 0.05) is 30.0 Å². The van der Waals surface area contributed by atoms with Gasteiger partial charge < -0.3 is 19.0 Å². The van der Waals surface area contributed by atoms with Gasteiger partial charge in [-0.15, -0.1) is 0 Å². The Bertz CT molecular complexity index is 827. The summed E-state index contributed by atoms with van der Waals surface area (Å²) in [5, 5.41) is 11.2. The Morgan fingerprint density at radius 3 is 2.48 bits per heavy atom. The van der Waals surface area contributed by atoms with Crippen molar-refractivity contribution in [2.24, 2.45) is 0 Å². The van der Waals surface area contributed by atoms with Crippen LogP contribution in [0.15, 0.2) is 44.8 Å². The Balaban J connectivity index is 2.60. The van der Waals surface area contributed by atoms with Crippen molar-refractivity contribution in [3.63, 3.8) is 0 Å². The molecule has 2 rings (SSSR count). The van der Waals surface area contributed by atoms with E-state index in [0.717, 1.165) is 0 Å². The lowest BCUT2D eigenvalue weighted by atomic mass is 10.0. The molecule has 0 radical (unpaired) electrons. The second-order valence-corrected chi connectivity index (χ2v) is 5.25. The average molecular weight is 318 g/mol. The van der Waals surface area contributed by atoms with Crippen LogP contribution in [0, 0.1) is 0 Å². The molecule has 1 aromatic heterocycles. The third-order valence-electron chi connectivity index (χ3n) is 3.26. The van der Waals surface area contributed by atoms with E-state index in [9.17, 15) is 14.7 Å². The first kappa shape index (κ1) is 16.8. The van der Waals surface area contributed by atoms with Gasteiger partial charge in [-0.05, 0) is 31.6 Å². The molecule has 6 heteroatoms. The fourth-order valence-electron chi connectivity index (χ4n) is 2.23. The zero-order chi connectivity index (χ0) is 17.1. The predicted molar refractivity (Wildman–Crippen MR) is 84.1 cm³/mol. The number of rotatable bonds is 4. The van der Waals surface area contributed by atoms with E-state index in [1.807, 2.05) is 0 Å². The third kappa shape index (κ3) is 3.60. The summed E-state index contributed by atoms with van der Waals surface area (Å²) in [5.41, 5.74) is 0.940. The molecule has 1 heterocycles. The first-order valence-electron chi connectivity index (χ1n) is 6.99. The molecule has 1 N–H and O–H groups in total. The molecule has 1 unspecified atom stereocenters. The van der Waals surface area contributed by atoms with Crippen LogP contribution in [0.5, 0.6) is 5.75 Å². The number of fused-ring (bicyclic) bond motifs is 1. The van der Waals surface area contributed by atoms with Gasteiger partial charge in [0.05, 0.1) is 7.11 Å². The first-order chi connectivity index (χ1) is 10.8. The van der Waals surface area contributed by atoms with Crippen LogP contribution in [-0.4, -0.2) is 18.2 Å². The highest BCUT2D eigenvalue weighted by molar-refractivity contribution is 5.79. The molecule has 122 valence electrons. The van der Waals surface area contributed by atoms with E-state index in [2.05, 4.69) is 0 Å². The van der Waals surface area contributed by atoms with Crippen molar-refractivity contribution in [1.82, 2.24) is 0 Å². The highest BCUT2D eigenvalue weighted by atomic mass is 16.5. The lowest BCUT2D eigenvalue weighted by Crippen LogP contribution is -2.11. The molecule has 0 saturated heterocycles. The van der Waals surface area contributed by atoms with Crippen LogP contribution in [0.25, 0.3) is 11.0 Å². The normalized spacial score (nSPS) is 11.9. The number of carbonyl (C=O) groups excluding carboxylic acids is 1. The second kappa shape index (κ2) is 6.66. The molecule has 1 aromatic carbocycles. The summed E-state index contributed by atoms with van der Waals surface area (Å²) < 4.78 is 15.5. The molecule has 0 aliphatic rings. The number of allylic oxidation sites excluding steroid dienone is 1. The number of aliphatic hydroxyl groups excluding tert-OH is 1. The molecule has 0 spiro atoms. The molecule has 0 saturated carbocycles. The topological polar surface area (TPSA) is 86.0 Å². The van der Waals surface area contributed by atoms with E-state index in [4.69, 9.17) is 13.9 Å². The summed E-state index contributed by atoms with van der Waals surface area (Å²) in [6, 6.07) is 6.03. The van der Waals surface area contributed by atoms with Crippen molar-refractivity contribution in [2.75, 3.05) is 7.11 Å². The Labute approximate surface area is 132 Å². The summed E-state index contributed by atoms with van der Waals surface area (Å²) in [6.45, 7) is 4.73. The molecule has 0 amide bonds. The van der Waals surface area contributed by atoms with Crippen LogP contribution < -0.4 is 10.4 Å². The van der Waals surface area contributed by atoms with Crippen LogP contribution in [-0.2, 0) is 9.53 Å². The van der Waals surface area contributed by atoms with Gasteiger partial charge in [-0.25, -0.2) is 4.79 Å². The van der Waals surface area contributed by atoms with Gasteiger partial charge >= 0.3 is 11.6 Å². The maximum atomic E-state index is 11.3. The first-order valence-corrected chi connectivity index (χ1v) is 6.99. The van der Waals surface area contributed by atoms with E-state index in [-0.39, 0.29) is 5.76 Å². The van der Waals surface area contributed by atoms with Gasteiger partial charge in [-0.2, -0.15) is 0 Å². The molecule has 0 aliphatic carbocycles. The summed E-state index contributed by atoms with van der Waals surface area (Å²) in [5.74, 6) is -0.0520. The fraction of sp³-hybridized carbons (Fsp3) is 0.294. The summed E-state index contributed by atoms with van der Waals surface area (Å²) in [7, 11) is 1.44. The zero-order valence-corrected chi connectivity index (χ0v) is 13.4. The molecule has 6 nitrogen and oxygen atoms in total. The average Bonchev–Trinajstić information content (AvgIpc) is 2.50. The Hall–Kier alpha value is -2.60. The summed E-state index contributed by atoms with van der Waals surface area (Å²) in [6.07, 6.45) is -1.19. The molecule has 0 bridgehead atoms. The van der Waals surface area contributed by atoms with Crippen molar-refractivity contribution >= 4 is 16.9 Å². The SMILES string of the molecule is COc1cc2oc(=O)ccc2cc1C(O)C(OC(C)=O)=C(C)C. The van der Waals surface area contributed by atoms with Crippen LogP contribution >= 0.6 is 0 Å². The summed E-state index contributed by atoms with van der Waals surface area (Å²) in [4.78, 5) is 22.5. The summed E-state index contributed by atoms with van der Waals surface area (Å²) >= 11 is 0. The van der Waals surface area contributed by atoms with Crippen molar-refractivity contribution in [3.05, 3.63) is 51.6 Å². The lowest BCUT2D eigenvalue weighted by molar-refractivity contribution is -0.138. The number of esters is 1. The number of hydrogen-bond acceptors (Lipinski definition) is 6. The predicted octanol–water partition coefficient (Wildman–Crippen LogP) is 2.69. The lowest BCUT2D eigenvalue weighted by Gasteiger charge is -2.19. The highest BCUT2D eigenvalue weighted by Crippen LogP contribution is 2.35. The van der Waals surface area contributed by atoms with Crippen molar-refractivity contribution < 1.29 is 23.8 Å². The molecule has 0 aliphatic heterocycles. The van der Waals surface area contributed by atoms with E-state index < -0.39 is 17.7 Å². The van der Waals surface area contributed by atoms with Crippen molar-refractivity contribution in [1.29, 1.82) is 0 Å². The van der Waals surface area contributed by atoms with Crippen molar-refractivity contribution in [2.45, 2.75) is 26.9 Å². The number of carbonyl (C=O) groups is 1. The van der Waals surface area contributed by atoms with Crippen LogP contribution in [0.1, 0.15) is 32.4 Å². The minimum Gasteiger partial charge on any atom is -0.496 e. The van der Waals surface area contributed by atoms with Crippen LogP contribution in [0.4, 0.5) is 0 Å². The van der Waals surface area contributed by atoms with Gasteiger partial charge in [0.15, 0.2) is 0 Å². The molecule has 1 atom stereocenters. The Morgan fingerprint density at radius 1 is 1.22 bits per heavy atom.